The lowest BCUT2D eigenvalue weighted by Crippen LogP contribution is -2.28. The van der Waals surface area contributed by atoms with Crippen LogP contribution >= 0.6 is 0 Å². The molecule has 3 heterocycles. The fourth-order valence-corrected chi connectivity index (χ4v) is 3.59. The van der Waals surface area contributed by atoms with Crippen molar-refractivity contribution in [2.45, 2.75) is 73.5 Å². The molecule has 0 spiro atoms. The first-order valence-electron chi connectivity index (χ1n) is 13.8. The highest BCUT2D eigenvalue weighted by Gasteiger charge is 2.21. The summed E-state index contributed by atoms with van der Waals surface area (Å²) in [5.74, 6) is 0.884. The highest BCUT2D eigenvalue weighted by atomic mass is 16.6. The van der Waals surface area contributed by atoms with Gasteiger partial charge in [0.1, 0.15) is 25.0 Å². The highest BCUT2D eigenvalue weighted by Crippen LogP contribution is 2.19. The van der Waals surface area contributed by atoms with Gasteiger partial charge in [-0.3, -0.25) is 9.20 Å². The van der Waals surface area contributed by atoms with Crippen LogP contribution in [0.2, 0.25) is 0 Å². The van der Waals surface area contributed by atoms with Crippen molar-refractivity contribution in [1.82, 2.24) is 19.5 Å². The predicted molar refractivity (Wildman–Crippen MR) is 158 cm³/mol. The molecule has 10 heteroatoms. The maximum absolute atomic E-state index is 12.2. The van der Waals surface area contributed by atoms with Gasteiger partial charge in [-0.2, -0.15) is 0 Å². The number of likely N-dealkylation sites (tertiary alicyclic amines) is 1. The first-order chi connectivity index (χ1) is 19.5. The SMILES string of the molecule is C=O.CC.CC.CC(=O)CN.CC(COCc1ccccc1)c1nnc2cccc(COC(=O)N3CCCC3)n12. The van der Waals surface area contributed by atoms with Crippen molar-refractivity contribution in [2.75, 3.05) is 26.2 Å². The fraction of sp³-hybridized carbons (Fsp3) is 0.500. The largest absolute Gasteiger partial charge is 0.443 e. The molecule has 2 N–H and O–H groups in total. The third-order valence-electron chi connectivity index (χ3n) is 5.45. The van der Waals surface area contributed by atoms with Crippen LogP contribution in [0, 0.1) is 0 Å². The Morgan fingerprint density at radius 3 is 2.12 bits per heavy atom. The summed E-state index contributed by atoms with van der Waals surface area (Å²) in [5.41, 5.74) is 7.55. The number of pyridine rings is 1. The Morgan fingerprint density at radius 2 is 1.55 bits per heavy atom. The molecule has 1 unspecified atom stereocenters. The number of fused-ring (bicyclic) bond motifs is 1. The Bertz CT molecular complexity index is 1080. The minimum atomic E-state index is -0.256. The van der Waals surface area contributed by atoms with Crippen LogP contribution < -0.4 is 5.73 Å². The van der Waals surface area contributed by atoms with Crippen molar-refractivity contribution in [3.8, 4) is 0 Å². The van der Waals surface area contributed by atoms with E-state index in [9.17, 15) is 9.59 Å². The van der Waals surface area contributed by atoms with Gasteiger partial charge in [-0.1, -0.05) is 71.0 Å². The molecule has 10 nitrogen and oxygen atoms in total. The van der Waals surface area contributed by atoms with Crippen molar-refractivity contribution in [3.05, 3.63) is 65.6 Å². The molecule has 1 aromatic carbocycles. The number of carbonyl (C=O) groups excluding carboxylic acids is 3. The average molecular weight is 558 g/mol. The first kappa shape index (κ1) is 36.4. The summed E-state index contributed by atoms with van der Waals surface area (Å²) in [7, 11) is 0. The molecule has 3 aromatic rings. The second-order valence-electron chi connectivity index (χ2n) is 8.33. The summed E-state index contributed by atoms with van der Waals surface area (Å²) in [6, 6.07) is 15.8. The Morgan fingerprint density at radius 1 is 0.950 bits per heavy atom. The molecule has 2 aromatic heterocycles. The number of hydrogen-bond donors (Lipinski definition) is 1. The van der Waals surface area contributed by atoms with Gasteiger partial charge in [0.25, 0.3) is 0 Å². The van der Waals surface area contributed by atoms with Gasteiger partial charge < -0.3 is 24.9 Å². The van der Waals surface area contributed by atoms with E-state index in [2.05, 4.69) is 17.1 Å². The molecule has 0 aliphatic carbocycles. The van der Waals surface area contributed by atoms with E-state index in [4.69, 9.17) is 20.0 Å². The molecule has 1 aliphatic heterocycles. The van der Waals surface area contributed by atoms with Gasteiger partial charge in [0.2, 0.25) is 0 Å². The standard InChI is InChI=1S/C22H26N4O3.C3H7NO.2C2H6.CH2O/c1-17(14-28-15-18-8-3-2-4-9-18)21-24-23-20-11-7-10-19(26(20)21)16-29-22(27)25-12-5-6-13-25;1-3(5)2-4;3*1-2/h2-4,7-11,17H,5-6,12-16H2,1H3;2,4H2,1H3;2*1-2H3;1H2. The van der Waals surface area contributed by atoms with Gasteiger partial charge in [-0.05, 0) is 37.5 Å². The van der Waals surface area contributed by atoms with E-state index >= 15 is 0 Å². The van der Waals surface area contributed by atoms with Crippen LogP contribution in [0.4, 0.5) is 4.79 Å². The van der Waals surface area contributed by atoms with E-state index in [0.717, 1.165) is 48.7 Å². The number of nitrogens with zero attached hydrogens (tertiary/aromatic N) is 4. The summed E-state index contributed by atoms with van der Waals surface area (Å²) in [5, 5.41) is 8.65. The number of aromatic nitrogens is 3. The number of hydrogen-bond acceptors (Lipinski definition) is 8. The van der Waals surface area contributed by atoms with Crippen LogP contribution in [0.3, 0.4) is 0 Å². The Kier molecular flexibility index (Phi) is 20.2. The van der Waals surface area contributed by atoms with Crippen LogP contribution in [-0.2, 0) is 32.3 Å². The zero-order chi connectivity index (χ0) is 30.3. The summed E-state index contributed by atoms with van der Waals surface area (Å²) < 4.78 is 13.4. The van der Waals surface area contributed by atoms with Gasteiger partial charge in [0.05, 0.1) is 25.5 Å². The van der Waals surface area contributed by atoms with E-state index in [-0.39, 0.29) is 30.9 Å². The van der Waals surface area contributed by atoms with Crippen molar-refractivity contribution in [2.24, 2.45) is 5.73 Å². The lowest BCUT2D eigenvalue weighted by molar-refractivity contribution is -0.115. The number of ketones is 1. The van der Waals surface area contributed by atoms with Crippen LogP contribution in [-0.4, -0.2) is 64.4 Å². The van der Waals surface area contributed by atoms with Gasteiger partial charge in [-0.25, -0.2) is 4.79 Å². The Hall–Kier alpha value is -3.63. The molecule has 1 saturated heterocycles. The number of rotatable bonds is 8. The molecule has 0 bridgehead atoms. The molecule has 1 amide bonds. The fourth-order valence-electron chi connectivity index (χ4n) is 3.59. The Balaban J connectivity index is 0.00000121. The van der Waals surface area contributed by atoms with E-state index in [1.165, 1.54) is 6.92 Å². The van der Waals surface area contributed by atoms with E-state index in [1.807, 2.05) is 87.4 Å². The second kappa shape index (κ2) is 22.2. The second-order valence-corrected chi connectivity index (χ2v) is 8.33. The van der Waals surface area contributed by atoms with E-state index in [0.29, 0.717) is 13.2 Å². The van der Waals surface area contributed by atoms with Crippen molar-refractivity contribution < 1.29 is 23.9 Å². The predicted octanol–water partition coefficient (Wildman–Crippen LogP) is 5.18. The van der Waals surface area contributed by atoms with Crippen LogP contribution in [0.1, 0.15) is 77.4 Å². The smallest absolute Gasteiger partial charge is 0.410 e. The number of benzene rings is 1. The summed E-state index contributed by atoms with van der Waals surface area (Å²) in [6.45, 7) is 16.5. The molecular formula is C30H47N5O5. The summed E-state index contributed by atoms with van der Waals surface area (Å²) in [6.07, 6.45) is 1.83. The monoisotopic (exact) mass is 557 g/mol. The highest BCUT2D eigenvalue weighted by molar-refractivity contribution is 5.77. The van der Waals surface area contributed by atoms with E-state index in [1.54, 1.807) is 4.90 Å². The first-order valence-corrected chi connectivity index (χ1v) is 13.8. The molecule has 0 saturated carbocycles. The zero-order valence-electron chi connectivity index (χ0n) is 25.0. The van der Waals surface area contributed by atoms with E-state index < -0.39 is 0 Å². The molecular weight excluding hydrogens is 510 g/mol. The number of Topliss-reactive ketones (excluding diaryl/α,β-unsaturated/α-hetero) is 1. The summed E-state index contributed by atoms with van der Waals surface area (Å²) >= 11 is 0. The lowest BCUT2D eigenvalue weighted by Gasteiger charge is -2.16. The van der Waals surface area contributed by atoms with Crippen molar-refractivity contribution >= 4 is 24.3 Å². The van der Waals surface area contributed by atoms with Gasteiger partial charge in [0.15, 0.2) is 5.65 Å². The lowest BCUT2D eigenvalue weighted by atomic mass is 10.2. The molecule has 1 fully saturated rings. The number of ether oxygens (including phenoxy) is 2. The average Bonchev–Trinajstić information content (AvgIpc) is 3.71. The number of nitrogens with two attached hydrogens (primary N) is 1. The molecule has 0 radical (unpaired) electrons. The van der Waals surface area contributed by atoms with Gasteiger partial charge in [-0.15, -0.1) is 10.2 Å². The third kappa shape index (κ3) is 12.5. The Labute approximate surface area is 238 Å². The van der Waals surface area contributed by atoms with Crippen LogP contribution in [0.5, 0.6) is 0 Å². The normalized spacial score (nSPS) is 12.2. The molecule has 4 rings (SSSR count). The van der Waals surface area contributed by atoms with Crippen LogP contribution in [0.15, 0.2) is 48.5 Å². The minimum Gasteiger partial charge on any atom is -0.443 e. The molecule has 1 atom stereocenters. The van der Waals surface area contributed by atoms with Crippen molar-refractivity contribution in [1.29, 1.82) is 0 Å². The van der Waals surface area contributed by atoms with Gasteiger partial charge in [0, 0.05) is 19.0 Å². The molecule has 40 heavy (non-hydrogen) atoms. The molecule has 222 valence electrons. The van der Waals surface area contributed by atoms with Crippen molar-refractivity contribution in [3.63, 3.8) is 0 Å². The third-order valence-corrected chi connectivity index (χ3v) is 5.45. The topological polar surface area (TPSA) is 129 Å². The number of amides is 1. The van der Waals surface area contributed by atoms with Crippen LogP contribution in [0.25, 0.3) is 5.65 Å². The maximum Gasteiger partial charge on any atom is 0.410 e. The maximum atomic E-state index is 12.2. The summed E-state index contributed by atoms with van der Waals surface area (Å²) in [4.78, 5) is 31.7. The molecule has 1 aliphatic rings. The minimum absolute atomic E-state index is 0.0324. The quantitative estimate of drug-likeness (QED) is 0.401. The number of carbonyl (C=O) groups is 3. The van der Waals surface area contributed by atoms with Gasteiger partial charge >= 0.3 is 6.09 Å². The zero-order valence-corrected chi connectivity index (χ0v) is 25.0.